The first-order valence-corrected chi connectivity index (χ1v) is 5.80. The smallest absolute Gasteiger partial charge is 0.00694 e. The molecule has 0 aromatic rings. The molecule has 0 saturated heterocycles. The van der Waals surface area contributed by atoms with Gasteiger partial charge in [0, 0.05) is 0 Å². The zero-order valence-corrected chi connectivity index (χ0v) is 9.90. The topological polar surface area (TPSA) is 0 Å². The molecule has 0 saturated carbocycles. The van der Waals surface area contributed by atoms with Crippen molar-refractivity contribution >= 4 is 12.6 Å². The highest BCUT2D eigenvalue weighted by atomic mass is 32.1. The van der Waals surface area contributed by atoms with Gasteiger partial charge in [0.15, 0.2) is 0 Å². The monoisotopic (exact) mass is 188 g/mol. The molecule has 0 aliphatic carbocycles. The molecule has 0 aromatic carbocycles. The molecule has 1 atom stereocenters. The summed E-state index contributed by atoms with van der Waals surface area (Å²) in [6.45, 7) is 9.19. The summed E-state index contributed by atoms with van der Waals surface area (Å²) in [4.78, 5) is 0. The van der Waals surface area contributed by atoms with Crippen LogP contribution in [0.2, 0.25) is 0 Å². The molecule has 0 aromatic heterocycles. The van der Waals surface area contributed by atoms with E-state index in [-0.39, 0.29) is 0 Å². The molecule has 0 radical (unpaired) electrons. The highest BCUT2D eigenvalue weighted by molar-refractivity contribution is 7.80. The van der Waals surface area contributed by atoms with Gasteiger partial charge in [-0.1, -0.05) is 34.1 Å². The standard InChI is InChI=1S/C11H24S/c1-9(2)5-6-11(8-12)7-10(3)4/h9-12H,5-8H2,1-4H3. The molecule has 0 aliphatic heterocycles. The van der Waals surface area contributed by atoms with Crippen LogP contribution in [0.3, 0.4) is 0 Å². The SMILES string of the molecule is CC(C)CCC(CS)CC(C)C. The highest BCUT2D eigenvalue weighted by Gasteiger charge is 2.09. The second-order valence-corrected chi connectivity index (χ2v) is 5.01. The lowest BCUT2D eigenvalue weighted by atomic mass is 9.92. The van der Waals surface area contributed by atoms with Crippen molar-refractivity contribution in [2.45, 2.75) is 47.0 Å². The van der Waals surface area contributed by atoms with Crippen LogP contribution < -0.4 is 0 Å². The second kappa shape index (κ2) is 6.82. The summed E-state index contributed by atoms with van der Waals surface area (Å²) in [6.07, 6.45) is 4.06. The lowest BCUT2D eigenvalue weighted by molar-refractivity contribution is 0.386. The number of thiol groups is 1. The van der Waals surface area contributed by atoms with Gasteiger partial charge in [0.1, 0.15) is 0 Å². The van der Waals surface area contributed by atoms with Gasteiger partial charge >= 0.3 is 0 Å². The normalized spacial score (nSPS) is 14.2. The van der Waals surface area contributed by atoms with Crippen LogP contribution in [0, 0.1) is 17.8 Å². The van der Waals surface area contributed by atoms with Gasteiger partial charge in [-0.2, -0.15) is 12.6 Å². The first kappa shape index (κ1) is 12.3. The molecule has 0 rings (SSSR count). The van der Waals surface area contributed by atoms with Crippen LogP contribution in [-0.4, -0.2) is 5.75 Å². The molecule has 0 amide bonds. The van der Waals surface area contributed by atoms with Gasteiger partial charge in [-0.15, -0.1) is 0 Å². The van der Waals surface area contributed by atoms with E-state index in [1.165, 1.54) is 19.3 Å². The Labute approximate surface area is 83.5 Å². The highest BCUT2D eigenvalue weighted by Crippen LogP contribution is 2.20. The van der Waals surface area contributed by atoms with Crippen LogP contribution in [0.25, 0.3) is 0 Å². The summed E-state index contributed by atoms with van der Waals surface area (Å²) in [5, 5.41) is 0. The molecule has 0 N–H and O–H groups in total. The van der Waals surface area contributed by atoms with E-state index < -0.39 is 0 Å². The Morgan fingerprint density at radius 1 is 0.917 bits per heavy atom. The van der Waals surface area contributed by atoms with Gasteiger partial charge in [0.2, 0.25) is 0 Å². The maximum absolute atomic E-state index is 4.39. The van der Waals surface area contributed by atoms with Crippen LogP contribution in [0.5, 0.6) is 0 Å². The van der Waals surface area contributed by atoms with Crippen LogP contribution in [0.1, 0.15) is 47.0 Å². The predicted molar refractivity (Wildman–Crippen MR) is 60.9 cm³/mol. The molecule has 0 aliphatic rings. The quantitative estimate of drug-likeness (QED) is 0.598. The number of hydrogen-bond acceptors (Lipinski definition) is 1. The molecule has 74 valence electrons. The van der Waals surface area contributed by atoms with Gasteiger partial charge in [-0.05, 0) is 36.3 Å². The fraction of sp³-hybridized carbons (Fsp3) is 1.00. The Kier molecular flexibility index (Phi) is 7.02. The van der Waals surface area contributed by atoms with Crippen LogP contribution >= 0.6 is 12.6 Å². The van der Waals surface area contributed by atoms with Gasteiger partial charge in [-0.25, -0.2) is 0 Å². The van der Waals surface area contributed by atoms with Crippen LogP contribution in [0.4, 0.5) is 0 Å². The molecule has 0 heterocycles. The van der Waals surface area contributed by atoms with Crippen LogP contribution in [0.15, 0.2) is 0 Å². The van der Waals surface area contributed by atoms with E-state index >= 15 is 0 Å². The Morgan fingerprint density at radius 3 is 1.83 bits per heavy atom. The van der Waals surface area contributed by atoms with E-state index in [0.29, 0.717) is 0 Å². The minimum atomic E-state index is 0.828. The molecule has 1 unspecified atom stereocenters. The summed E-state index contributed by atoms with van der Waals surface area (Å²) in [5.74, 6) is 3.58. The maximum Gasteiger partial charge on any atom is -0.00694 e. The molecule has 0 spiro atoms. The summed E-state index contributed by atoms with van der Waals surface area (Å²) in [5.41, 5.74) is 0. The summed E-state index contributed by atoms with van der Waals surface area (Å²) in [7, 11) is 0. The largest absolute Gasteiger partial charge is 0.179 e. The Bertz CT molecular complexity index is 97.2. The maximum atomic E-state index is 4.39. The summed E-state index contributed by atoms with van der Waals surface area (Å²) in [6, 6.07) is 0. The van der Waals surface area contributed by atoms with Gasteiger partial charge in [-0.3, -0.25) is 0 Å². The molecule has 0 bridgehead atoms. The van der Waals surface area contributed by atoms with E-state index in [1.807, 2.05) is 0 Å². The van der Waals surface area contributed by atoms with Crippen molar-refractivity contribution in [2.24, 2.45) is 17.8 Å². The van der Waals surface area contributed by atoms with Gasteiger partial charge in [0.25, 0.3) is 0 Å². The summed E-state index contributed by atoms with van der Waals surface area (Å²) < 4.78 is 0. The number of rotatable bonds is 6. The average molecular weight is 188 g/mol. The molecule has 12 heavy (non-hydrogen) atoms. The minimum Gasteiger partial charge on any atom is -0.179 e. The second-order valence-electron chi connectivity index (χ2n) is 4.65. The molecular weight excluding hydrogens is 164 g/mol. The number of hydrogen-bond donors (Lipinski definition) is 1. The fourth-order valence-corrected chi connectivity index (χ4v) is 1.85. The van der Waals surface area contributed by atoms with Crippen molar-refractivity contribution in [3.05, 3.63) is 0 Å². The Hall–Kier alpha value is 0.350. The van der Waals surface area contributed by atoms with E-state index in [1.54, 1.807) is 0 Å². The third-order valence-electron chi connectivity index (χ3n) is 2.22. The predicted octanol–water partition coefficient (Wildman–Crippen LogP) is 4.01. The van der Waals surface area contributed by atoms with E-state index in [9.17, 15) is 0 Å². The van der Waals surface area contributed by atoms with Crippen molar-refractivity contribution in [3.8, 4) is 0 Å². The van der Waals surface area contributed by atoms with Crippen molar-refractivity contribution in [1.29, 1.82) is 0 Å². The molecule has 0 fully saturated rings. The lowest BCUT2D eigenvalue weighted by Gasteiger charge is -2.17. The van der Waals surface area contributed by atoms with E-state index in [2.05, 4.69) is 40.3 Å². The van der Waals surface area contributed by atoms with E-state index in [4.69, 9.17) is 0 Å². The molecular formula is C11H24S. The lowest BCUT2D eigenvalue weighted by Crippen LogP contribution is -2.07. The molecule has 1 heteroatoms. The third kappa shape index (κ3) is 7.02. The van der Waals surface area contributed by atoms with Crippen molar-refractivity contribution in [3.63, 3.8) is 0 Å². The van der Waals surface area contributed by atoms with Crippen molar-refractivity contribution in [2.75, 3.05) is 5.75 Å². The zero-order chi connectivity index (χ0) is 9.56. The van der Waals surface area contributed by atoms with Gasteiger partial charge < -0.3 is 0 Å². The average Bonchev–Trinajstić information content (AvgIpc) is 1.97. The third-order valence-corrected chi connectivity index (χ3v) is 2.73. The van der Waals surface area contributed by atoms with Crippen LogP contribution in [-0.2, 0) is 0 Å². The van der Waals surface area contributed by atoms with Crippen molar-refractivity contribution in [1.82, 2.24) is 0 Å². The minimum absolute atomic E-state index is 0.828. The first-order chi connectivity index (χ1) is 5.56. The van der Waals surface area contributed by atoms with Crippen molar-refractivity contribution < 1.29 is 0 Å². The Morgan fingerprint density at radius 2 is 1.50 bits per heavy atom. The van der Waals surface area contributed by atoms with Gasteiger partial charge in [0.05, 0.1) is 0 Å². The Balaban J connectivity index is 3.53. The molecule has 0 nitrogen and oxygen atoms in total. The zero-order valence-electron chi connectivity index (χ0n) is 9.01. The fourth-order valence-electron chi connectivity index (χ4n) is 1.52. The van der Waals surface area contributed by atoms with E-state index in [0.717, 1.165) is 23.5 Å². The summed E-state index contributed by atoms with van der Waals surface area (Å²) >= 11 is 4.39. The first-order valence-electron chi connectivity index (χ1n) is 5.17.